The molecule has 2 saturated heterocycles. The largest absolute Gasteiger partial charge is 0.395 e. The quantitative estimate of drug-likeness (QED) is 0.430. The van der Waals surface area contributed by atoms with Gasteiger partial charge in [-0.25, -0.2) is 4.98 Å². The van der Waals surface area contributed by atoms with E-state index in [4.69, 9.17) is 9.72 Å². The van der Waals surface area contributed by atoms with Gasteiger partial charge in [-0.15, -0.1) is 0 Å². The molecule has 2 fully saturated rings. The number of hydrogen-bond donors (Lipinski definition) is 3. The molecule has 4 heterocycles. The Morgan fingerprint density at radius 1 is 1.06 bits per heavy atom. The van der Waals surface area contributed by atoms with Crippen LogP contribution in [0.2, 0.25) is 0 Å². The molecule has 0 aliphatic carbocycles. The number of fused-ring (bicyclic) bond motifs is 1. The predicted octanol–water partition coefficient (Wildman–Crippen LogP) is 1.43. The molecule has 2 aliphatic heterocycles. The predicted molar refractivity (Wildman–Crippen MR) is 129 cm³/mol. The summed E-state index contributed by atoms with van der Waals surface area (Å²) in [5, 5.41) is 15.7. The summed E-state index contributed by atoms with van der Waals surface area (Å²) in [6.07, 6.45) is 3.27. The number of hydrogen-bond acceptors (Lipinski definition) is 9. The maximum absolute atomic E-state index is 12.0. The zero-order valence-electron chi connectivity index (χ0n) is 19.1. The number of likely N-dealkylation sites (tertiary alicyclic amines) is 1. The standard InChI is InChI=1S/C23H30N8O3/c32-13-7-24-21-20-22(31(16-25-20)10-9-30-8-1-2-19(30)33)28-23(27-21)26-17-3-5-18(6-4-17)29-11-14-34-15-12-29/h3-6,16,32H,1-2,7-15H2,(H2,24,26,27,28). The average Bonchev–Trinajstić information content (AvgIpc) is 3.48. The fraction of sp³-hybridized carbons (Fsp3) is 0.478. The first kappa shape index (κ1) is 22.4. The van der Waals surface area contributed by atoms with Crippen LogP contribution in [0.1, 0.15) is 12.8 Å². The maximum atomic E-state index is 12.0. The summed E-state index contributed by atoms with van der Waals surface area (Å²) < 4.78 is 7.38. The smallest absolute Gasteiger partial charge is 0.231 e. The molecule has 5 rings (SSSR count). The molecule has 0 atom stereocenters. The van der Waals surface area contributed by atoms with E-state index in [2.05, 4.69) is 37.6 Å². The summed E-state index contributed by atoms with van der Waals surface area (Å²) in [7, 11) is 0. The third-order valence-corrected chi connectivity index (χ3v) is 6.15. The van der Waals surface area contributed by atoms with E-state index in [9.17, 15) is 9.90 Å². The van der Waals surface area contributed by atoms with Crippen LogP contribution in [0.3, 0.4) is 0 Å². The summed E-state index contributed by atoms with van der Waals surface area (Å²) >= 11 is 0. The van der Waals surface area contributed by atoms with Gasteiger partial charge in [0.2, 0.25) is 11.9 Å². The number of ether oxygens (including phenoxy) is 1. The Morgan fingerprint density at radius 3 is 2.62 bits per heavy atom. The van der Waals surface area contributed by atoms with Gasteiger partial charge in [0.1, 0.15) is 0 Å². The van der Waals surface area contributed by atoms with E-state index < -0.39 is 0 Å². The summed E-state index contributed by atoms with van der Waals surface area (Å²) in [4.78, 5) is 30.0. The van der Waals surface area contributed by atoms with Gasteiger partial charge in [-0.1, -0.05) is 0 Å². The van der Waals surface area contributed by atoms with Crippen molar-refractivity contribution in [1.29, 1.82) is 0 Å². The highest BCUT2D eigenvalue weighted by atomic mass is 16.5. The monoisotopic (exact) mass is 466 g/mol. The van der Waals surface area contributed by atoms with Gasteiger partial charge in [0.25, 0.3) is 0 Å². The van der Waals surface area contributed by atoms with Crippen molar-refractivity contribution < 1.29 is 14.6 Å². The van der Waals surface area contributed by atoms with Gasteiger partial charge in [0.05, 0.1) is 26.1 Å². The van der Waals surface area contributed by atoms with E-state index in [-0.39, 0.29) is 12.5 Å². The number of carbonyl (C=O) groups excluding carboxylic acids is 1. The number of aliphatic hydroxyl groups excluding tert-OH is 1. The van der Waals surface area contributed by atoms with Crippen LogP contribution in [0.4, 0.5) is 23.1 Å². The first-order chi connectivity index (χ1) is 16.7. The lowest BCUT2D eigenvalue weighted by Gasteiger charge is -2.28. The van der Waals surface area contributed by atoms with Crippen molar-refractivity contribution >= 4 is 40.2 Å². The number of carbonyl (C=O) groups is 1. The number of nitrogens with one attached hydrogen (secondary N) is 2. The third kappa shape index (κ3) is 4.90. The zero-order valence-corrected chi connectivity index (χ0v) is 19.1. The number of morpholine rings is 1. The highest BCUT2D eigenvalue weighted by Gasteiger charge is 2.20. The fourth-order valence-electron chi connectivity index (χ4n) is 4.34. The Balaban J connectivity index is 1.36. The van der Waals surface area contributed by atoms with Crippen LogP contribution < -0.4 is 15.5 Å². The van der Waals surface area contributed by atoms with Crippen molar-refractivity contribution in [2.75, 3.05) is 68.1 Å². The molecule has 2 aliphatic rings. The minimum atomic E-state index is -0.0188. The van der Waals surface area contributed by atoms with E-state index in [0.29, 0.717) is 49.0 Å². The van der Waals surface area contributed by atoms with Crippen molar-refractivity contribution in [3.63, 3.8) is 0 Å². The van der Waals surface area contributed by atoms with Gasteiger partial charge in [-0.05, 0) is 30.7 Å². The van der Waals surface area contributed by atoms with E-state index in [1.807, 2.05) is 21.6 Å². The van der Waals surface area contributed by atoms with E-state index in [0.717, 1.165) is 50.6 Å². The van der Waals surface area contributed by atoms with Crippen LogP contribution in [0.5, 0.6) is 0 Å². The Bertz CT molecular complexity index is 1130. The molecule has 11 heteroatoms. The summed E-state index contributed by atoms with van der Waals surface area (Å²) in [6, 6.07) is 8.17. The zero-order chi connectivity index (χ0) is 23.3. The summed E-state index contributed by atoms with van der Waals surface area (Å²) in [6.45, 7) is 5.64. The molecular weight excluding hydrogens is 436 g/mol. The van der Waals surface area contributed by atoms with Crippen LogP contribution in [-0.4, -0.2) is 88.0 Å². The van der Waals surface area contributed by atoms with Gasteiger partial charge in [-0.3, -0.25) is 4.79 Å². The minimum Gasteiger partial charge on any atom is -0.395 e. The van der Waals surface area contributed by atoms with Gasteiger partial charge in [0, 0.05) is 57.1 Å². The topological polar surface area (TPSA) is 121 Å². The van der Waals surface area contributed by atoms with Crippen LogP contribution in [0, 0.1) is 0 Å². The maximum Gasteiger partial charge on any atom is 0.231 e. The van der Waals surface area contributed by atoms with Crippen LogP contribution in [0.25, 0.3) is 11.2 Å². The van der Waals surface area contributed by atoms with Crippen LogP contribution >= 0.6 is 0 Å². The molecule has 180 valence electrons. The number of nitrogens with zero attached hydrogens (tertiary/aromatic N) is 6. The highest BCUT2D eigenvalue weighted by molar-refractivity contribution is 5.85. The molecule has 0 bridgehead atoms. The molecule has 0 spiro atoms. The molecule has 1 amide bonds. The minimum absolute atomic E-state index is 0.0188. The van der Waals surface area contributed by atoms with E-state index >= 15 is 0 Å². The summed E-state index contributed by atoms with van der Waals surface area (Å²) in [5.74, 6) is 1.20. The van der Waals surface area contributed by atoms with Gasteiger partial charge < -0.3 is 34.8 Å². The number of rotatable bonds is 9. The molecule has 0 unspecified atom stereocenters. The van der Waals surface area contributed by atoms with Crippen molar-refractivity contribution in [1.82, 2.24) is 24.4 Å². The SMILES string of the molecule is O=C1CCCN1CCn1cnc2c(NCCO)nc(Nc3ccc(N4CCOCC4)cc3)nc21. The molecule has 3 N–H and O–H groups in total. The first-order valence-corrected chi connectivity index (χ1v) is 11.8. The molecule has 2 aromatic heterocycles. The first-order valence-electron chi connectivity index (χ1n) is 11.8. The van der Waals surface area contributed by atoms with Gasteiger partial charge in [-0.2, -0.15) is 9.97 Å². The van der Waals surface area contributed by atoms with Crippen LogP contribution in [-0.2, 0) is 16.1 Å². The number of amides is 1. The van der Waals surface area contributed by atoms with Crippen molar-refractivity contribution in [2.24, 2.45) is 0 Å². The normalized spacial score (nSPS) is 16.4. The molecular formula is C23H30N8O3. The van der Waals surface area contributed by atoms with Crippen molar-refractivity contribution in [3.8, 4) is 0 Å². The average molecular weight is 467 g/mol. The molecule has 1 aromatic carbocycles. The number of aliphatic hydroxyl groups is 1. The number of imidazole rings is 1. The lowest BCUT2D eigenvalue weighted by Crippen LogP contribution is -2.36. The second-order valence-corrected chi connectivity index (χ2v) is 8.41. The highest BCUT2D eigenvalue weighted by Crippen LogP contribution is 2.25. The van der Waals surface area contributed by atoms with Crippen LogP contribution in [0.15, 0.2) is 30.6 Å². The Labute approximate surface area is 197 Å². The molecule has 3 aromatic rings. The molecule has 0 saturated carbocycles. The van der Waals surface area contributed by atoms with Crippen molar-refractivity contribution in [3.05, 3.63) is 30.6 Å². The third-order valence-electron chi connectivity index (χ3n) is 6.15. The van der Waals surface area contributed by atoms with E-state index in [1.54, 1.807) is 6.33 Å². The van der Waals surface area contributed by atoms with E-state index in [1.165, 1.54) is 0 Å². The summed E-state index contributed by atoms with van der Waals surface area (Å²) in [5.41, 5.74) is 3.34. The number of benzene rings is 1. The van der Waals surface area contributed by atoms with Crippen molar-refractivity contribution in [2.45, 2.75) is 19.4 Å². The Morgan fingerprint density at radius 2 is 1.88 bits per heavy atom. The Hall–Kier alpha value is -3.44. The number of anilines is 4. The molecule has 0 radical (unpaired) electrons. The number of aromatic nitrogens is 4. The second kappa shape index (κ2) is 10.2. The molecule has 11 nitrogen and oxygen atoms in total. The lowest BCUT2D eigenvalue weighted by molar-refractivity contribution is -0.127. The lowest BCUT2D eigenvalue weighted by atomic mass is 10.2. The van der Waals surface area contributed by atoms with Gasteiger partial charge in [0.15, 0.2) is 17.0 Å². The Kier molecular flexibility index (Phi) is 6.72. The van der Waals surface area contributed by atoms with Gasteiger partial charge >= 0.3 is 0 Å². The second-order valence-electron chi connectivity index (χ2n) is 8.41. The fourth-order valence-corrected chi connectivity index (χ4v) is 4.34. The molecule has 34 heavy (non-hydrogen) atoms.